The van der Waals surface area contributed by atoms with Crippen LogP contribution >= 0.6 is 0 Å². The number of para-hydroxylation sites is 1. The van der Waals surface area contributed by atoms with Crippen molar-refractivity contribution in [2.45, 2.75) is 40.3 Å². The molecule has 3 aromatic carbocycles. The lowest BCUT2D eigenvalue weighted by Crippen LogP contribution is -2.23. The van der Waals surface area contributed by atoms with Gasteiger partial charge in [-0.3, -0.25) is 9.59 Å². The molecule has 1 aromatic heterocycles. The number of hydrogen-bond acceptors (Lipinski definition) is 5. The number of amides is 1. The van der Waals surface area contributed by atoms with Crippen LogP contribution in [0.4, 0.5) is 4.39 Å². The molecule has 4 rings (SSSR count). The van der Waals surface area contributed by atoms with Gasteiger partial charge in [0.2, 0.25) is 0 Å². The fourth-order valence-corrected chi connectivity index (χ4v) is 4.49. The first-order valence-corrected chi connectivity index (χ1v) is 13.4. The first-order valence-electron chi connectivity index (χ1n) is 13.4. The predicted molar refractivity (Wildman–Crippen MR) is 161 cm³/mol. The Morgan fingerprint density at radius 3 is 2.60 bits per heavy atom. The maximum atomic E-state index is 14.3. The highest BCUT2D eigenvalue weighted by atomic mass is 19.1. The van der Waals surface area contributed by atoms with E-state index in [2.05, 4.69) is 11.2 Å². The third-order valence-corrected chi connectivity index (χ3v) is 6.67. The molecular formula is C35H32FNO5. The number of methoxy groups -OCH3 is 1. The highest BCUT2D eigenvalue weighted by molar-refractivity contribution is 5.95. The Morgan fingerprint density at radius 1 is 1.10 bits per heavy atom. The zero-order valence-corrected chi connectivity index (χ0v) is 24.0. The summed E-state index contributed by atoms with van der Waals surface area (Å²) in [4.78, 5) is 24.5. The van der Waals surface area contributed by atoms with Crippen molar-refractivity contribution in [2.75, 3.05) is 7.11 Å². The molecule has 0 spiro atoms. The van der Waals surface area contributed by atoms with Crippen LogP contribution in [0.2, 0.25) is 0 Å². The molecule has 0 fully saturated rings. The van der Waals surface area contributed by atoms with Crippen molar-refractivity contribution in [3.8, 4) is 18.1 Å². The number of allylic oxidation sites excluding steroid dienone is 4. The number of rotatable bonds is 10. The van der Waals surface area contributed by atoms with Crippen LogP contribution in [0.5, 0.6) is 5.75 Å². The van der Waals surface area contributed by atoms with E-state index in [1.165, 1.54) is 19.2 Å². The second-order valence-electron chi connectivity index (χ2n) is 9.81. The smallest absolute Gasteiger partial charge is 0.310 e. The van der Waals surface area contributed by atoms with E-state index < -0.39 is 11.7 Å². The lowest BCUT2D eigenvalue weighted by atomic mass is 9.98. The van der Waals surface area contributed by atoms with Gasteiger partial charge in [-0.15, -0.1) is 6.42 Å². The molecule has 1 N–H and O–H groups in total. The summed E-state index contributed by atoms with van der Waals surface area (Å²) in [5, 5.41) is 3.54. The molecule has 7 heteroatoms. The molecule has 4 aromatic rings. The van der Waals surface area contributed by atoms with Crippen LogP contribution in [0, 0.1) is 25.1 Å². The van der Waals surface area contributed by atoms with Gasteiger partial charge in [0.25, 0.3) is 5.91 Å². The Kier molecular flexibility index (Phi) is 9.61. The largest absolute Gasteiger partial charge is 0.489 e. The van der Waals surface area contributed by atoms with Crippen LogP contribution in [-0.2, 0) is 29.1 Å². The van der Waals surface area contributed by atoms with Gasteiger partial charge < -0.3 is 19.2 Å². The monoisotopic (exact) mass is 565 g/mol. The highest BCUT2D eigenvalue weighted by Gasteiger charge is 2.17. The summed E-state index contributed by atoms with van der Waals surface area (Å²) >= 11 is 0. The molecule has 0 unspecified atom stereocenters. The van der Waals surface area contributed by atoms with Crippen LogP contribution in [-0.4, -0.2) is 19.0 Å². The quantitative estimate of drug-likeness (QED) is 0.126. The minimum absolute atomic E-state index is 0.0320. The van der Waals surface area contributed by atoms with Crippen LogP contribution < -0.4 is 10.1 Å². The number of ether oxygens (including phenoxy) is 2. The van der Waals surface area contributed by atoms with Crippen molar-refractivity contribution in [2.24, 2.45) is 0 Å². The standard InChI is InChI=1S/C35H32FNO5/c1-6-22(3)14-25(7-2)30-17-24(21-41-32-11-9-8-10-26(32)19-33(38)40-5)16-27-18-28(42-34(27)30)20-37-35(39)29-13-12-23(4)15-31(29)36/h1,7-18H,19-21H2,2-5H3,(H,37,39)/b22-14-,25-7+. The number of nitrogens with one attached hydrogen (secondary N) is 1. The molecule has 6 nitrogen and oxygen atoms in total. The maximum Gasteiger partial charge on any atom is 0.310 e. The molecule has 1 amide bonds. The molecule has 0 saturated heterocycles. The summed E-state index contributed by atoms with van der Waals surface area (Å²) in [7, 11) is 1.35. The third-order valence-electron chi connectivity index (χ3n) is 6.67. The summed E-state index contributed by atoms with van der Waals surface area (Å²) in [6.07, 6.45) is 9.55. The van der Waals surface area contributed by atoms with E-state index in [1.807, 2.05) is 68.5 Å². The van der Waals surface area contributed by atoms with Crippen molar-refractivity contribution in [3.05, 3.63) is 118 Å². The maximum absolute atomic E-state index is 14.3. The van der Waals surface area contributed by atoms with Crippen molar-refractivity contribution in [1.29, 1.82) is 0 Å². The number of esters is 1. The van der Waals surface area contributed by atoms with E-state index >= 15 is 0 Å². The molecule has 0 bridgehead atoms. The first-order chi connectivity index (χ1) is 20.2. The van der Waals surface area contributed by atoms with Gasteiger partial charge in [-0.05, 0) is 85.5 Å². The van der Waals surface area contributed by atoms with Crippen molar-refractivity contribution < 1.29 is 27.9 Å². The minimum Gasteiger partial charge on any atom is -0.489 e. The fraction of sp³-hybridized carbons (Fsp3) is 0.200. The number of carbonyl (C=O) groups excluding carboxylic acids is 2. The molecule has 0 atom stereocenters. The van der Waals surface area contributed by atoms with Crippen molar-refractivity contribution >= 4 is 28.4 Å². The number of benzene rings is 3. The van der Waals surface area contributed by atoms with E-state index in [0.29, 0.717) is 17.1 Å². The number of hydrogen-bond donors (Lipinski definition) is 1. The number of fused-ring (bicyclic) bond motifs is 1. The van der Waals surface area contributed by atoms with E-state index in [9.17, 15) is 14.0 Å². The van der Waals surface area contributed by atoms with Gasteiger partial charge in [-0.1, -0.05) is 36.3 Å². The van der Waals surface area contributed by atoms with Gasteiger partial charge in [0.15, 0.2) is 0 Å². The van der Waals surface area contributed by atoms with Crippen LogP contribution in [0.25, 0.3) is 16.5 Å². The van der Waals surface area contributed by atoms with Crippen LogP contribution in [0.3, 0.4) is 0 Å². The van der Waals surface area contributed by atoms with Gasteiger partial charge in [0, 0.05) is 16.5 Å². The average molecular weight is 566 g/mol. The van der Waals surface area contributed by atoms with E-state index in [4.69, 9.17) is 20.3 Å². The molecule has 1 heterocycles. The summed E-state index contributed by atoms with van der Waals surface area (Å²) in [6, 6.07) is 17.5. The second-order valence-corrected chi connectivity index (χ2v) is 9.81. The normalized spacial score (nSPS) is 11.7. The Hall–Kier alpha value is -5.09. The average Bonchev–Trinajstić information content (AvgIpc) is 3.40. The van der Waals surface area contributed by atoms with Gasteiger partial charge in [0.05, 0.1) is 25.6 Å². The van der Waals surface area contributed by atoms with Gasteiger partial charge in [-0.2, -0.15) is 0 Å². The Morgan fingerprint density at radius 2 is 1.88 bits per heavy atom. The van der Waals surface area contributed by atoms with E-state index in [1.54, 1.807) is 13.0 Å². The molecule has 0 radical (unpaired) electrons. The second kappa shape index (κ2) is 13.5. The number of terminal acetylenes is 1. The minimum atomic E-state index is -0.578. The Bertz CT molecular complexity index is 1740. The first kappa shape index (κ1) is 29.9. The molecule has 0 aliphatic heterocycles. The SMILES string of the molecule is C#C/C(C)=C\C(=C/C)c1cc(COc2ccccc2CC(=O)OC)cc2cc(CNC(=O)c3ccc(C)cc3F)oc12. The van der Waals surface area contributed by atoms with Gasteiger partial charge >= 0.3 is 5.97 Å². The lowest BCUT2D eigenvalue weighted by Gasteiger charge is -2.13. The van der Waals surface area contributed by atoms with Gasteiger partial charge in [-0.25, -0.2) is 4.39 Å². The molecule has 214 valence electrons. The topological polar surface area (TPSA) is 77.8 Å². The molecule has 0 saturated carbocycles. The summed E-state index contributed by atoms with van der Waals surface area (Å²) in [5.74, 6) is 2.26. The molecule has 0 aliphatic carbocycles. The molecular weight excluding hydrogens is 533 g/mol. The zero-order chi connectivity index (χ0) is 30.2. The summed E-state index contributed by atoms with van der Waals surface area (Å²) in [5.41, 5.74) is 5.29. The predicted octanol–water partition coefficient (Wildman–Crippen LogP) is 7.09. The van der Waals surface area contributed by atoms with Crippen molar-refractivity contribution in [3.63, 3.8) is 0 Å². The van der Waals surface area contributed by atoms with Gasteiger partial charge in [0.1, 0.15) is 29.5 Å². The van der Waals surface area contributed by atoms with Crippen LogP contribution in [0.15, 0.2) is 82.8 Å². The lowest BCUT2D eigenvalue weighted by molar-refractivity contribution is -0.139. The number of furan rings is 1. The highest BCUT2D eigenvalue weighted by Crippen LogP contribution is 2.32. The third kappa shape index (κ3) is 7.15. The number of carbonyl (C=O) groups is 2. The summed E-state index contributed by atoms with van der Waals surface area (Å²) in [6.45, 7) is 5.81. The Labute approximate surface area is 244 Å². The fourth-order valence-electron chi connectivity index (χ4n) is 4.49. The number of aryl methyl sites for hydroxylation is 1. The Balaban J connectivity index is 1.65. The molecule has 0 aliphatic rings. The van der Waals surface area contributed by atoms with E-state index in [0.717, 1.165) is 38.8 Å². The van der Waals surface area contributed by atoms with Crippen LogP contribution in [0.1, 0.15) is 52.2 Å². The zero-order valence-electron chi connectivity index (χ0n) is 24.0. The van der Waals surface area contributed by atoms with Crippen molar-refractivity contribution in [1.82, 2.24) is 5.32 Å². The molecule has 42 heavy (non-hydrogen) atoms. The van der Waals surface area contributed by atoms with E-state index in [-0.39, 0.29) is 31.1 Å². The number of halogens is 1. The summed E-state index contributed by atoms with van der Waals surface area (Å²) < 4.78 is 31.5.